The summed E-state index contributed by atoms with van der Waals surface area (Å²) in [7, 11) is 0. The maximum absolute atomic E-state index is 9.52. The molecule has 0 radical (unpaired) electrons. The number of hydrogen-bond donors (Lipinski definition) is 3. The lowest BCUT2D eigenvalue weighted by atomic mass is 10.0. The number of rotatable bonds is 6. The Labute approximate surface area is 205 Å². The molecule has 186 valence electrons. The van der Waals surface area contributed by atoms with Crippen molar-refractivity contribution in [2.75, 3.05) is 37.6 Å². The van der Waals surface area contributed by atoms with Crippen LogP contribution in [0.25, 0.3) is 22.0 Å². The van der Waals surface area contributed by atoms with Crippen LogP contribution in [0.3, 0.4) is 0 Å². The van der Waals surface area contributed by atoms with E-state index in [1.54, 1.807) is 0 Å². The molecule has 0 spiro atoms. The maximum Gasteiger partial charge on any atom is 0.414 e. The molecule has 1 atom stereocenters. The number of carboxylic acid groups (broad SMARTS) is 2. The summed E-state index contributed by atoms with van der Waals surface area (Å²) >= 11 is 0. The van der Waals surface area contributed by atoms with Gasteiger partial charge in [0.25, 0.3) is 0 Å². The number of pyridine rings is 1. The van der Waals surface area contributed by atoms with Crippen LogP contribution < -0.4 is 4.90 Å². The van der Waals surface area contributed by atoms with Crippen molar-refractivity contribution in [3.8, 4) is 11.3 Å². The normalized spacial score (nSPS) is 14.8. The van der Waals surface area contributed by atoms with Gasteiger partial charge in [-0.15, -0.1) is 0 Å². The van der Waals surface area contributed by atoms with Crippen molar-refractivity contribution >= 4 is 28.5 Å². The Kier molecular flexibility index (Phi) is 9.17. The lowest BCUT2D eigenvalue weighted by Crippen LogP contribution is -2.46. The number of anilines is 1. The molecule has 8 nitrogen and oxygen atoms in total. The summed E-state index contributed by atoms with van der Waals surface area (Å²) in [6.45, 7) is 9.41. The number of aryl methyl sites for hydroxylation is 1. The number of nitrogens with zero attached hydrogens (tertiary/aromatic N) is 3. The fourth-order valence-electron chi connectivity index (χ4n) is 4.06. The summed E-state index contributed by atoms with van der Waals surface area (Å²) in [4.78, 5) is 28.3. The van der Waals surface area contributed by atoms with Crippen LogP contribution in [0.4, 0.5) is 5.82 Å². The van der Waals surface area contributed by atoms with Crippen LogP contribution in [0, 0.1) is 0 Å². The molecule has 0 aliphatic carbocycles. The van der Waals surface area contributed by atoms with Gasteiger partial charge in [-0.2, -0.15) is 0 Å². The van der Waals surface area contributed by atoms with E-state index in [0.29, 0.717) is 0 Å². The average molecular weight is 480 g/mol. The minimum Gasteiger partial charge on any atom is -0.473 e. The third-order valence-corrected chi connectivity index (χ3v) is 6.12. The highest BCUT2D eigenvalue weighted by Gasteiger charge is 2.19. The zero-order chi connectivity index (χ0) is 25.4. The molecule has 1 unspecified atom stereocenters. The van der Waals surface area contributed by atoms with Gasteiger partial charge in [-0.25, -0.2) is 14.6 Å². The number of fused-ring (bicyclic) bond motifs is 1. The molecule has 2 heterocycles. The molecule has 8 heteroatoms. The van der Waals surface area contributed by atoms with Crippen molar-refractivity contribution in [3.05, 3.63) is 60.2 Å². The number of benzene rings is 2. The molecule has 4 rings (SSSR count). The van der Waals surface area contributed by atoms with Gasteiger partial charge in [-0.05, 0) is 43.3 Å². The van der Waals surface area contributed by atoms with E-state index in [4.69, 9.17) is 24.8 Å². The second-order valence-corrected chi connectivity index (χ2v) is 8.67. The van der Waals surface area contributed by atoms with Gasteiger partial charge in [0, 0.05) is 37.1 Å². The van der Waals surface area contributed by atoms with Gasteiger partial charge in [0.1, 0.15) is 5.82 Å². The SMILES string of the molecule is CCN1CCN(c2nc(-c3ccc(CCC(C)O)cc3)cc3ccccc23)CC1.O=C(O)C(=O)O. The predicted molar refractivity (Wildman–Crippen MR) is 137 cm³/mol. The predicted octanol–water partition coefficient (Wildman–Crippen LogP) is 3.51. The first kappa shape index (κ1) is 26.1. The zero-order valence-electron chi connectivity index (χ0n) is 20.2. The molecule has 1 saturated heterocycles. The summed E-state index contributed by atoms with van der Waals surface area (Å²) in [5.41, 5.74) is 3.43. The number of piperazine rings is 1. The smallest absolute Gasteiger partial charge is 0.414 e. The minimum atomic E-state index is -1.82. The highest BCUT2D eigenvalue weighted by atomic mass is 16.4. The summed E-state index contributed by atoms with van der Waals surface area (Å²) in [6, 6.07) is 19.4. The second kappa shape index (κ2) is 12.3. The molecule has 1 aliphatic heterocycles. The standard InChI is InChI=1S/C25H31N3O.C2H2O4/c1-3-27-14-16-28(17-15-27)25-23-7-5-4-6-22(23)18-24(26-25)21-12-10-20(11-13-21)9-8-19(2)29;3-1(4)2(5)6/h4-7,10-13,18-19,29H,3,8-9,14-17H2,1-2H3;(H,3,4)(H,5,6). The van der Waals surface area contributed by atoms with Crippen LogP contribution in [0.1, 0.15) is 25.8 Å². The third-order valence-electron chi connectivity index (χ3n) is 6.12. The van der Waals surface area contributed by atoms with E-state index in [9.17, 15) is 5.11 Å². The lowest BCUT2D eigenvalue weighted by molar-refractivity contribution is -0.159. The van der Waals surface area contributed by atoms with E-state index in [1.165, 1.54) is 16.3 Å². The Bertz CT molecular complexity index is 1130. The average Bonchev–Trinajstić information content (AvgIpc) is 2.87. The zero-order valence-corrected chi connectivity index (χ0v) is 20.2. The van der Waals surface area contributed by atoms with Crippen LogP contribution in [0.15, 0.2) is 54.6 Å². The van der Waals surface area contributed by atoms with E-state index >= 15 is 0 Å². The second-order valence-electron chi connectivity index (χ2n) is 8.67. The Balaban J connectivity index is 0.000000509. The van der Waals surface area contributed by atoms with Gasteiger partial charge in [-0.1, -0.05) is 55.5 Å². The fraction of sp³-hybridized carbons (Fsp3) is 0.370. The largest absolute Gasteiger partial charge is 0.473 e. The Morgan fingerprint density at radius 1 is 0.971 bits per heavy atom. The Morgan fingerprint density at radius 3 is 2.17 bits per heavy atom. The lowest BCUT2D eigenvalue weighted by Gasteiger charge is -2.35. The first-order chi connectivity index (χ1) is 16.8. The molecule has 1 fully saturated rings. The highest BCUT2D eigenvalue weighted by Crippen LogP contribution is 2.31. The highest BCUT2D eigenvalue weighted by molar-refractivity contribution is 6.27. The first-order valence-electron chi connectivity index (χ1n) is 11.9. The topological polar surface area (TPSA) is 114 Å². The quantitative estimate of drug-likeness (QED) is 0.460. The van der Waals surface area contributed by atoms with Crippen LogP contribution in [-0.2, 0) is 16.0 Å². The van der Waals surface area contributed by atoms with E-state index in [0.717, 1.165) is 62.6 Å². The van der Waals surface area contributed by atoms with Gasteiger partial charge in [-0.3, -0.25) is 0 Å². The van der Waals surface area contributed by atoms with Crippen LogP contribution in [0.5, 0.6) is 0 Å². The van der Waals surface area contributed by atoms with Crippen LogP contribution >= 0.6 is 0 Å². The molecule has 3 aromatic rings. The summed E-state index contributed by atoms with van der Waals surface area (Å²) in [5.74, 6) is -2.54. The number of aliphatic carboxylic acids is 2. The van der Waals surface area contributed by atoms with Crippen molar-refractivity contribution in [1.82, 2.24) is 9.88 Å². The van der Waals surface area contributed by atoms with E-state index in [-0.39, 0.29) is 6.10 Å². The van der Waals surface area contributed by atoms with Crippen LogP contribution in [-0.4, -0.2) is 76.0 Å². The van der Waals surface area contributed by atoms with Crippen molar-refractivity contribution < 1.29 is 24.9 Å². The van der Waals surface area contributed by atoms with Gasteiger partial charge in [0.15, 0.2) is 0 Å². The molecule has 0 amide bonds. The Hall–Kier alpha value is -3.49. The molecule has 1 aliphatic rings. The maximum atomic E-state index is 9.52. The fourth-order valence-corrected chi connectivity index (χ4v) is 4.06. The van der Waals surface area contributed by atoms with E-state index in [2.05, 4.69) is 71.3 Å². The molecule has 1 aromatic heterocycles. The van der Waals surface area contributed by atoms with Crippen molar-refractivity contribution in [3.63, 3.8) is 0 Å². The summed E-state index contributed by atoms with van der Waals surface area (Å²) < 4.78 is 0. The number of aliphatic hydroxyl groups excluding tert-OH is 1. The molecular formula is C27H33N3O5. The van der Waals surface area contributed by atoms with Gasteiger partial charge < -0.3 is 25.1 Å². The first-order valence-corrected chi connectivity index (χ1v) is 11.9. The number of carbonyl (C=O) groups is 2. The number of hydrogen-bond acceptors (Lipinski definition) is 6. The molecule has 0 bridgehead atoms. The third kappa shape index (κ3) is 7.24. The van der Waals surface area contributed by atoms with Gasteiger partial charge >= 0.3 is 11.9 Å². The molecule has 35 heavy (non-hydrogen) atoms. The molecule has 0 saturated carbocycles. The van der Waals surface area contributed by atoms with E-state index in [1.807, 2.05) is 6.92 Å². The van der Waals surface area contributed by atoms with Crippen molar-refractivity contribution in [2.45, 2.75) is 32.8 Å². The summed E-state index contributed by atoms with van der Waals surface area (Å²) in [5, 5.41) is 26.8. The molecule has 2 aromatic carbocycles. The van der Waals surface area contributed by atoms with Crippen LogP contribution in [0.2, 0.25) is 0 Å². The molecular weight excluding hydrogens is 446 g/mol. The number of aromatic nitrogens is 1. The minimum absolute atomic E-state index is 0.257. The van der Waals surface area contributed by atoms with Gasteiger partial charge in [0.05, 0.1) is 11.8 Å². The number of aliphatic hydroxyl groups is 1. The molecule has 3 N–H and O–H groups in total. The Morgan fingerprint density at radius 2 is 1.60 bits per heavy atom. The van der Waals surface area contributed by atoms with Gasteiger partial charge in [0.2, 0.25) is 0 Å². The number of likely N-dealkylation sites (N-methyl/N-ethyl adjacent to an activating group) is 1. The monoisotopic (exact) mass is 479 g/mol. The van der Waals surface area contributed by atoms with Crippen molar-refractivity contribution in [1.29, 1.82) is 0 Å². The number of carboxylic acids is 2. The van der Waals surface area contributed by atoms with Crippen molar-refractivity contribution in [2.24, 2.45) is 0 Å². The summed E-state index contributed by atoms with van der Waals surface area (Å²) in [6.07, 6.45) is 1.44. The van der Waals surface area contributed by atoms with E-state index < -0.39 is 11.9 Å².